The molecule has 2 aliphatic rings. The highest BCUT2D eigenvalue weighted by atomic mass is 32.2. The van der Waals surface area contributed by atoms with Crippen molar-refractivity contribution in [3.8, 4) is 0 Å². The van der Waals surface area contributed by atoms with E-state index in [4.69, 9.17) is 0 Å². The van der Waals surface area contributed by atoms with E-state index >= 15 is 0 Å². The Labute approximate surface area is 120 Å². The van der Waals surface area contributed by atoms with Crippen LogP contribution in [0, 0.1) is 5.92 Å². The first-order valence-corrected chi connectivity index (χ1v) is 8.21. The Hall–Kier alpha value is -0.960. The Morgan fingerprint density at radius 3 is 2.89 bits per heavy atom. The van der Waals surface area contributed by atoms with Crippen LogP contribution in [0.1, 0.15) is 37.8 Å². The molecule has 0 spiro atoms. The minimum Gasteiger partial charge on any atom is -0.335 e. The van der Waals surface area contributed by atoms with Crippen LogP contribution in [0.3, 0.4) is 0 Å². The summed E-state index contributed by atoms with van der Waals surface area (Å²) in [6.07, 6.45) is 5.10. The van der Waals surface area contributed by atoms with Crippen molar-refractivity contribution in [1.29, 1.82) is 0 Å². The van der Waals surface area contributed by atoms with E-state index in [1.54, 1.807) is 0 Å². The minimum atomic E-state index is 0.641. The maximum Gasteiger partial charge on any atom is 0.161 e. The fourth-order valence-electron chi connectivity index (χ4n) is 2.82. The zero-order valence-electron chi connectivity index (χ0n) is 11.8. The predicted octanol–water partition coefficient (Wildman–Crippen LogP) is 4.10. The third kappa shape index (κ3) is 2.81. The van der Waals surface area contributed by atoms with Gasteiger partial charge in [-0.15, -0.1) is 0 Å². The Morgan fingerprint density at radius 2 is 2.11 bits per heavy atom. The lowest BCUT2D eigenvalue weighted by Gasteiger charge is -2.20. The lowest BCUT2D eigenvalue weighted by Crippen LogP contribution is -2.14. The molecule has 19 heavy (non-hydrogen) atoms. The topological polar surface area (TPSA) is 24.4 Å². The highest BCUT2D eigenvalue weighted by molar-refractivity contribution is 8.15. The van der Waals surface area contributed by atoms with Gasteiger partial charge in [0.05, 0.1) is 6.54 Å². The molecule has 1 heterocycles. The third-order valence-corrected chi connectivity index (χ3v) is 5.51. The molecule has 0 amide bonds. The minimum absolute atomic E-state index is 0.641. The number of aliphatic imine (C=N–C) groups is 1. The van der Waals surface area contributed by atoms with Gasteiger partial charge >= 0.3 is 0 Å². The van der Waals surface area contributed by atoms with Gasteiger partial charge in [-0.2, -0.15) is 0 Å². The molecule has 1 aromatic rings. The van der Waals surface area contributed by atoms with Crippen molar-refractivity contribution in [2.75, 3.05) is 11.9 Å². The molecule has 0 radical (unpaired) electrons. The normalized spacial score (nSPS) is 22.3. The number of hydrogen-bond donors (Lipinski definition) is 1. The first-order valence-electron chi connectivity index (χ1n) is 7.33. The van der Waals surface area contributed by atoms with Crippen LogP contribution in [-0.4, -0.2) is 17.0 Å². The number of nitrogens with one attached hydrogen (secondary N) is 1. The second-order valence-corrected chi connectivity index (χ2v) is 7.05. The number of benzene rings is 1. The average Bonchev–Trinajstić information content (AvgIpc) is 2.88. The molecule has 3 heteroatoms. The Bertz CT molecular complexity index is 494. The molecule has 1 atom stereocenters. The van der Waals surface area contributed by atoms with Crippen LogP contribution < -0.4 is 5.32 Å². The molecule has 1 aliphatic heterocycles. The molecule has 0 bridgehead atoms. The number of aryl methyl sites for hydroxylation is 1. The highest BCUT2D eigenvalue weighted by Crippen LogP contribution is 2.31. The van der Waals surface area contributed by atoms with Gasteiger partial charge in [0.2, 0.25) is 0 Å². The number of thioether (sulfide) groups is 1. The molecule has 1 unspecified atom stereocenters. The molecule has 0 fully saturated rings. The summed E-state index contributed by atoms with van der Waals surface area (Å²) in [7, 11) is 0. The summed E-state index contributed by atoms with van der Waals surface area (Å²) in [4.78, 5) is 4.65. The number of fused-ring (bicyclic) bond motifs is 1. The van der Waals surface area contributed by atoms with Gasteiger partial charge in [-0.25, -0.2) is 0 Å². The monoisotopic (exact) mass is 274 g/mol. The largest absolute Gasteiger partial charge is 0.335 e. The van der Waals surface area contributed by atoms with E-state index in [1.807, 2.05) is 11.8 Å². The van der Waals surface area contributed by atoms with Crippen LogP contribution in [0.5, 0.6) is 0 Å². The molecule has 1 aromatic carbocycles. The van der Waals surface area contributed by atoms with Gasteiger partial charge < -0.3 is 5.32 Å². The highest BCUT2D eigenvalue weighted by Gasteiger charge is 2.23. The van der Waals surface area contributed by atoms with Crippen molar-refractivity contribution in [3.05, 3.63) is 29.3 Å². The average molecular weight is 274 g/mol. The molecule has 0 saturated heterocycles. The van der Waals surface area contributed by atoms with E-state index in [2.05, 4.69) is 42.4 Å². The quantitative estimate of drug-likeness (QED) is 0.878. The van der Waals surface area contributed by atoms with E-state index in [0.717, 1.165) is 11.7 Å². The number of anilines is 1. The predicted molar refractivity (Wildman–Crippen MR) is 85.2 cm³/mol. The molecule has 3 rings (SSSR count). The molecule has 1 N–H and O–H groups in total. The standard InChI is InChI=1S/C16H22N2S/c1-11(2)15-10-17-16(19-15)18-14-9-5-7-12-6-3-4-8-13(12)14/h5,7,9,11,15H,3-4,6,8,10H2,1-2H3,(H,17,18). The number of amidine groups is 1. The van der Waals surface area contributed by atoms with Crippen molar-refractivity contribution in [1.82, 2.24) is 0 Å². The van der Waals surface area contributed by atoms with E-state index in [0.29, 0.717) is 11.2 Å². The SMILES string of the molecule is CC(C)C1CN=C(Nc2cccc3c2CCCC3)S1. The summed E-state index contributed by atoms with van der Waals surface area (Å²) >= 11 is 1.90. The Kier molecular flexibility index (Phi) is 3.83. The van der Waals surface area contributed by atoms with Gasteiger partial charge in [0.1, 0.15) is 0 Å². The number of nitrogens with zero attached hydrogens (tertiary/aromatic N) is 1. The van der Waals surface area contributed by atoms with Gasteiger partial charge in [0.25, 0.3) is 0 Å². The maximum absolute atomic E-state index is 4.65. The second-order valence-electron chi connectivity index (χ2n) is 5.82. The fraction of sp³-hybridized carbons (Fsp3) is 0.562. The van der Waals surface area contributed by atoms with Gasteiger partial charge in [-0.1, -0.05) is 37.7 Å². The smallest absolute Gasteiger partial charge is 0.161 e. The van der Waals surface area contributed by atoms with E-state index < -0.39 is 0 Å². The summed E-state index contributed by atoms with van der Waals surface area (Å²) in [6.45, 7) is 5.51. The number of rotatable bonds is 2. The van der Waals surface area contributed by atoms with Crippen LogP contribution in [0.2, 0.25) is 0 Å². The van der Waals surface area contributed by atoms with E-state index in [-0.39, 0.29) is 0 Å². The molecule has 1 aliphatic carbocycles. The summed E-state index contributed by atoms with van der Waals surface area (Å²) in [5.41, 5.74) is 4.33. The van der Waals surface area contributed by atoms with Gasteiger partial charge in [0, 0.05) is 10.9 Å². The fourth-order valence-corrected chi connectivity index (χ4v) is 3.85. The van der Waals surface area contributed by atoms with Crippen LogP contribution in [0.4, 0.5) is 5.69 Å². The molecule has 2 nitrogen and oxygen atoms in total. The maximum atomic E-state index is 4.65. The van der Waals surface area contributed by atoms with Crippen molar-refractivity contribution < 1.29 is 0 Å². The van der Waals surface area contributed by atoms with Crippen molar-refractivity contribution in [3.63, 3.8) is 0 Å². The lowest BCUT2D eigenvalue weighted by molar-refractivity contribution is 0.621. The van der Waals surface area contributed by atoms with E-state index in [1.165, 1.54) is 42.5 Å². The van der Waals surface area contributed by atoms with Crippen LogP contribution in [-0.2, 0) is 12.8 Å². The Balaban J connectivity index is 1.74. The van der Waals surface area contributed by atoms with Crippen molar-refractivity contribution >= 4 is 22.6 Å². The van der Waals surface area contributed by atoms with Gasteiger partial charge in [0.15, 0.2) is 5.17 Å². The summed E-state index contributed by atoms with van der Waals surface area (Å²) in [5.74, 6) is 0.692. The van der Waals surface area contributed by atoms with Crippen molar-refractivity contribution in [2.24, 2.45) is 10.9 Å². The lowest BCUT2D eigenvalue weighted by atomic mass is 9.90. The molecule has 0 aromatic heterocycles. The zero-order valence-corrected chi connectivity index (χ0v) is 12.6. The zero-order chi connectivity index (χ0) is 13.2. The molecular formula is C16H22N2S. The second kappa shape index (κ2) is 5.58. The summed E-state index contributed by atoms with van der Waals surface area (Å²) in [6, 6.07) is 6.66. The first-order chi connectivity index (χ1) is 9.24. The van der Waals surface area contributed by atoms with Crippen LogP contribution in [0.25, 0.3) is 0 Å². The first kappa shape index (κ1) is 13.0. The van der Waals surface area contributed by atoms with Crippen molar-refractivity contribution in [2.45, 2.75) is 44.8 Å². The Morgan fingerprint density at radius 1 is 1.26 bits per heavy atom. The van der Waals surface area contributed by atoms with Gasteiger partial charge in [-0.3, -0.25) is 4.99 Å². The summed E-state index contributed by atoms with van der Waals surface area (Å²) < 4.78 is 0. The third-order valence-electron chi connectivity index (χ3n) is 4.06. The number of hydrogen-bond acceptors (Lipinski definition) is 3. The van der Waals surface area contributed by atoms with Gasteiger partial charge in [-0.05, 0) is 48.8 Å². The molecular weight excluding hydrogens is 252 g/mol. The van der Waals surface area contributed by atoms with E-state index in [9.17, 15) is 0 Å². The van der Waals surface area contributed by atoms with Crippen LogP contribution in [0.15, 0.2) is 23.2 Å². The summed E-state index contributed by atoms with van der Waals surface area (Å²) in [5, 5.41) is 5.32. The van der Waals surface area contributed by atoms with Crippen LogP contribution >= 0.6 is 11.8 Å². The molecule has 0 saturated carbocycles. The molecule has 102 valence electrons.